The van der Waals surface area contributed by atoms with Crippen LogP contribution in [0.3, 0.4) is 0 Å². The maximum Gasteiger partial charge on any atom is 0.317 e. The van der Waals surface area contributed by atoms with E-state index >= 15 is 0 Å². The van der Waals surface area contributed by atoms with Gasteiger partial charge in [0, 0.05) is 30.4 Å². The van der Waals surface area contributed by atoms with E-state index in [0.29, 0.717) is 49.2 Å². The Bertz CT molecular complexity index is 1690. The molecule has 0 saturated carbocycles. The minimum absolute atomic E-state index is 0.0358. The summed E-state index contributed by atoms with van der Waals surface area (Å²) >= 11 is 0. The lowest BCUT2D eigenvalue weighted by Gasteiger charge is -2.28. The third-order valence-corrected chi connectivity index (χ3v) is 6.64. The standard InChI is InChI=1S/C28H23N7O4/c36-25-24(31-21(17-7-2-1-3-8-17)18-9-4-5-11-20(18)30-25)32-28-34-33-27(39-28)23-22(35-13-15-37-16-14-35)19-10-6-12-29-26(19)38-23/h1-12,24H,13-16H2,(H,30,36)(H,32,34)/t24-/m1/s1. The Labute approximate surface area is 222 Å². The Morgan fingerprint density at radius 3 is 2.62 bits per heavy atom. The van der Waals surface area contributed by atoms with Crippen LogP contribution in [-0.2, 0) is 9.53 Å². The maximum atomic E-state index is 13.2. The van der Waals surface area contributed by atoms with Gasteiger partial charge in [0.05, 0.1) is 35.7 Å². The monoisotopic (exact) mass is 521 g/mol. The van der Waals surface area contributed by atoms with Crippen molar-refractivity contribution >= 4 is 40.1 Å². The first kappa shape index (κ1) is 23.1. The predicted molar refractivity (Wildman–Crippen MR) is 145 cm³/mol. The molecule has 7 rings (SSSR count). The van der Waals surface area contributed by atoms with Crippen LogP contribution in [0, 0.1) is 0 Å². The smallest absolute Gasteiger partial charge is 0.317 e. The lowest BCUT2D eigenvalue weighted by atomic mass is 10.0. The van der Waals surface area contributed by atoms with Crippen molar-refractivity contribution in [3.05, 3.63) is 84.1 Å². The third-order valence-electron chi connectivity index (χ3n) is 6.64. The summed E-state index contributed by atoms with van der Waals surface area (Å²) in [5, 5.41) is 15.2. The molecular formula is C28H23N7O4. The van der Waals surface area contributed by atoms with Crippen molar-refractivity contribution in [2.45, 2.75) is 6.17 Å². The number of aromatic nitrogens is 3. The van der Waals surface area contributed by atoms with Crippen LogP contribution in [0.5, 0.6) is 0 Å². The van der Waals surface area contributed by atoms with Crippen LogP contribution in [0.15, 0.2) is 86.8 Å². The second-order valence-corrected chi connectivity index (χ2v) is 9.07. The second kappa shape index (κ2) is 9.69. The van der Waals surface area contributed by atoms with Gasteiger partial charge in [-0.05, 0) is 18.2 Å². The molecule has 0 aliphatic carbocycles. The number of furan rings is 1. The number of hydrogen-bond donors (Lipinski definition) is 2. The first-order chi connectivity index (χ1) is 19.2. The number of para-hydroxylation sites is 1. The molecule has 0 spiro atoms. The quantitative estimate of drug-likeness (QED) is 0.353. The molecule has 5 aromatic rings. The van der Waals surface area contributed by atoms with Gasteiger partial charge in [-0.1, -0.05) is 53.6 Å². The largest absolute Gasteiger partial charge is 0.430 e. The van der Waals surface area contributed by atoms with E-state index in [4.69, 9.17) is 18.6 Å². The molecule has 1 saturated heterocycles. The van der Waals surface area contributed by atoms with E-state index in [0.717, 1.165) is 22.2 Å². The Hall–Kier alpha value is -5.03. The number of benzene rings is 2. The average Bonchev–Trinajstić information content (AvgIpc) is 3.58. The third kappa shape index (κ3) is 4.28. The van der Waals surface area contributed by atoms with Crippen molar-refractivity contribution in [3.63, 3.8) is 0 Å². The fraction of sp³-hybridized carbons (Fsp3) is 0.179. The van der Waals surface area contributed by atoms with Crippen LogP contribution in [0.4, 0.5) is 17.4 Å². The van der Waals surface area contributed by atoms with E-state index in [9.17, 15) is 4.79 Å². The molecule has 11 heteroatoms. The van der Waals surface area contributed by atoms with Crippen molar-refractivity contribution in [2.75, 3.05) is 41.8 Å². The number of carbonyl (C=O) groups excluding carboxylic acids is 1. The number of aliphatic imine (C=N–C) groups is 1. The number of amides is 1. The summed E-state index contributed by atoms with van der Waals surface area (Å²) in [5.74, 6) is 0.231. The number of nitrogens with zero attached hydrogens (tertiary/aromatic N) is 5. The highest BCUT2D eigenvalue weighted by Crippen LogP contribution is 2.40. The fourth-order valence-corrected chi connectivity index (χ4v) is 4.84. The van der Waals surface area contributed by atoms with Crippen molar-refractivity contribution in [1.82, 2.24) is 15.2 Å². The van der Waals surface area contributed by atoms with E-state index in [1.807, 2.05) is 66.7 Å². The zero-order valence-corrected chi connectivity index (χ0v) is 20.7. The summed E-state index contributed by atoms with van der Waals surface area (Å²) in [7, 11) is 0. The molecule has 0 radical (unpaired) electrons. The molecule has 2 aliphatic heterocycles. The number of morpholine rings is 1. The van der Waals surface area contributed by atoms with Crippen LogP contribution in [0.1, 0.15) is 11.1 Å². The number of nitrogens with one attached hydrogen (secondary N) is 2. The van der Waals surface area contributed by atoms with E-state index in [1.165, 1.54) is 0 Å². The number of rotatable bonds is 5. The average molecular weight is 522 g/mol. The molecule has 11 nitrogen and oxygen atoms in total. The second-order valence-electron chi connectivity index (χ2n) is 9.07. The van der Waals surface area contributed by atoms with Crippen molar-refractivity contribution in [2.24, 2.45) is 4.99 Å². The summed E-state index contributed by atoms with van der Waals surface area (Å²) in [6, 6.07) is 21.1. The minimum Gasteiger partial charge on any atom is -0.430 e. The summed E-state index contributed by atoms with van der Waals surface area (Å²) in [6.45, 7) is 2.58. The molecule has 2 N–H and O–H groups in total. The SMILES string of the molecule is O=C1Nc2ccccc2C(c2ccccc2)=N[C@@H]1Nc1nnc(-c2oc3ncccc3c2N2CCOCC2)o1. The Morgan fingerprint density at radius 1 is 0.923 bits per heavy atom. The number of pyridine rings is 1. The maximum absolute atomic E-state index is 13.2. The minimum atomic E-state index is -1.02. The van der Waals surface area contributed by atoms with Gasteiger partial charge < -0.3 is 29.1 Å². The van der Waals surface area contributed by atoms with Gasteiger partial charge in [-0.15, -0.1) is 5.10 Å². The fourth-order valence-electron chi connectivity index (χ4n) is 4.84. The number of fused-ring (bicyclic) bond motifs is 2. The molecule has 1 fully saturated rings. The highest BCUT2D eigenvalue weighted by atomic mass is 16.5. The molecule has 2 aliphatic rings. The highest BCUT2D eigenvalue weighted by Gasteiger charge is 2.30. The molecule has 1 amide bonds. The first-order valence-corrected chi connectivity index (χ1v) is 12.6. The summed E-state index contributed by atoms with van der Waals surface area (Å²) in [5.41, 5.74) is 4.33. The van der Waals surface area contributed by atoms with Gasteiger partial charge >= 0.3 is 6.01 Å². The highest BCUT2D eigenvalue weighted by molar-refractivity contribution is 6.19. The molecular weight excluding hydrogens is 498 g/mol. The van der Waals surface area contributed by atoms with E-state index < -0.39 is 6.17 Å². The molecule has 194 valence electrons. The van der Waals surface area contributed by atoms with Gasteiger partial charge in [0.25, 0.3) is 11.8 Å². The normalized spacial score (nSPS) is 17.3. The van der Waals surface area contributed by atoms with Gasteiger partial charge in [-0.2, -0.15) is 0 Å². The number of ether oxygens (including phenoxy) is 1. The van der Waals surface area contributed by atoms with E-state index in [2.05, 4.69) is 30.7 Å². The lowest BCUT2D eigenvalue weighted by molar-refractivity contribution is -0.116. The first-order valence-electron chi connectivity index (χ1n) is 12.6. The zero-order valence-electron chi connectivity index (χ0n) is 20.7. The van der Waals surface area contributed by atoms with Gasteiger partial charge in [0.1, 0.15) is 0 Å². The summed E-state index contributed by atoms with van der Waals surface area (Å²) in [6.07, 6.45) is 0.654. The number of benzodiazepines with no additional fused rings is 1. The van der Waals surface area contributed by atoms with Crippen LogP contribution in [-0.4, -0.2) is 59.3 Å². The van der Waals surface area contributed by atoms with Crippen LogP contribution in [0.2, 0.25) is 0 Å². The van der Waals surface area contributed by atoms with Crippen molar-refractivity contribution < 1.29 is 18.4 Å². The zero-order chi connectivity index (χ0) is 26.2. The number of hydrogen-bond acceptors (Lipinski definition) is 10. The van der Waals surface area contributed by atoms with E-state index in [1.54, 1.807) is 6.20 Å². The number of anilines is 3. The number of carbonyl (C=O) groups is 1. The van der Waals surface area contributed by atoms with Crippen LogP contribution in [0.25, 0.3) is 22.8 Å². The Morgan fingerprint density at radius 2 is 1.74 bits per heavy atom. The summed E-state index contributed by atoms with van der Waals surface area (Å²) < 4.78 is 17.6. The van der Waals surface area contributed by atoms with E-state index in [-0.39, 0.29) is 17.8 Å². The predicted octanol–water partition coefficient (Wildman–Crippen LogP) is 3.94. The lowest BCUT2D eigenvalue weighted by Crippen LogP contribution is -2.36. The van der Waals surface area contributed by atoms with Crippen molar-refractivity contribution in [3.8, 4) is 11.7 Å². The molecule has 0 unspecified atom stereocenters. The topological polar surface area (TPSA) is 131 Å². The molecule has 1 atom stereocenters. The van der Waals surface area contributed by atoms with Gasteiger partial charge in [0.2, 0.25) is 17.6 Å². The summed E-state index contributed by atoms with van der Waals surface area (Å²) in [4.78, 5) is 24.5. The molecule has 0 bridgehead atoms. The van der Waals surface area contributed by atoms with Gasteiger partial charge in [-0.3, -0.25) is 4.79 Å². The van der Waals surface area contributed by atoms with Crippen LogP contribution >= 0.6 is 0 Å². The molecule has 39 heavy (non-hydrogen) atoms. The van der Waals surface area contributed by atoms with Crippen LogP contribution < -0.4 is 15.5 Å². The van der Waals surface area contributed by atoms with Crippen molar-refractivity contribution in [1.29, 1.82) is 0 Å². The Balaban J connectivity index is 1.24. The van der Waals surface area contributed by atoms with Gasteiger partial charge in [-0.25, -0.2) is 9.98 Å². The molecule has 2 aromatic carbocycles. The molecule has 5 heterocycles. The molecule has 3 aromatic heterocycles. The van der Waals surface area contributed by atoms with Gasteiger partial charge in [0.15, 0.2) is 0 Å². The Kier molecular flexibility index (Phi) is 5.74.